The van der Waals surface area contributed by atoms with Crippen LogP contribution in [0.2, 0.25) is 0 Å². The van der Waals surface area contributed by atoms with Gasteiger partial charge in [-0.3, -0.25) is 23.7 Å². The smallest absolute Gasteiger partial charge is 0.105 e. The maximum atomic E-state index is 4.55. The van der Waals surface area contributed by atoms with Crippen molar-refractivity contribution in [3.05, 3.63) is 232 Å². The van der Waals surface area contributed by atoms with Gasteiger partial charge in [-0.2, -0.15) is 20.4 Å². The molecule has 2 unspecified atom stereocenters. The van der Waals surface area contributed by atoms with Gasteiger partial charge in [0.15, 0.2) is 0 Å². The van der Waals surface area contributed by atoms with Crippen molar-refractivity contribution in [2.45, 2.75) is 471 Å². The predicted molar refractivity (Wildman–Crippen MR) is 593 cm³/mol. The van der Waals surface area contributed by atoms with Crippen LogP contribution < -0.4 is 0 Å². The average molecular weight is 1900 g/mol. The number of hydrogen-bond acceptors (Lipinski definition) is 6. The van der Waals surface area contributed by atoms with E-state index in [9.17, 15) is 0 Å². The fourth-order valence-electron chi connectivity index (χ4n) is 24.6. The summed E-state index contributed by atoms with van der Waals surface area (Å²) in [7, 11) is 14.4. The van der Waals surface area contributed by atoms with Gasteiger partial charge in [0.25, 0.3) is 0 Å². The van der Waals surface area contributed by atoms with E-state index in [-0.39, 0.29) is 32.5 Å². The van der Waals surface area contributed by atoms with E-state index in [2.05, 4.69) is 431 Å². The summed E-state index contributed by atoms with van der Waals surface area (Å²) in [5, 5.41) is 17.4. The summed E-state index contributed by atoms with van der Waals surface area (Å²) in [5.41, 5.74) is 60.9. The number of allylic oxidation sites excluding steroid dienone is 5. The molecule has 0 radical (unpaired) electrons. The van der Waals surface area contributed by atoms with E-state index in [1.165, 1.54) is 176 Å². The minimum Gasteiger partial charge on any atom is -0.352 e. The van der Waals surface area contributed by atoms with Crippen LogP contribution in [-0.4, -0.2) is 83.3 Å². The first-order valence-electron chi connectivity index (χ1n) is 52.5. The van der Waals surface area contributed by atoms with Crippen LogP contribution in [0.15, 0.2) is 50.7 Å². The number of rotatable bonds is 0. The van der Waals surface area contributed by atoms with Crippen LogP contribution in [0.3, 0.4) is 0 Å². The van der Waals surface area contributed by atoms with Crippen LogP contribution in [0.1, 0.15) is 462 Å². The third kappa shape index (κ3) is 24.9. The summed E-state index contributed by atoms with van der Waals surface area (Å²) in [5.74, 6) is 2.05. The Morgan fingerprint density at radius 3 is 1.01 bits per heavy atom. The Labute approximate surface area is 846 Å². The Morgan fingerprint density at radius 1 is 0.295 bits per heavy atom. The van der Waals surface area contributed by atoms with Gasteiger partial charge >= 0.3 is 0 Å². The number of fused-ring (bicyclic) bond motifs is 10. The molecule has 16 heteroatoms. The van der Waals surface area contributed by atoms with Crippen LogP contribution in [-0.2, 0) is 142 Å². The Morgan fingerprint density at radius 2 is 0.777 bits per heavy atom. The Hall–Kier alpha value is -8.66. The fourth-order valence-corrected chi connectivity index (χ4v) is 24.6. The second-order valence-corrected chi connectivity index (χ2v) is 55.3. The molecule has 21 rings (SSSR count). The summed E-state index contributed by atoms with van der Waals surface area (Å²) >= 11 is 0. The summed E-state index contributed by atoms with van der Waals surface area (Å²) in [4.78, 5) is 8.99. The number of aliphatic imine (C=N–C) groups is 1. The predicted octanol–water partition coefficient (Wildman–Crippen LogP) is 29.3. The van der Waals surface area contributed by atoms with Gasteiger partial charge in [0.1, 0.15) is 5.82 Å². The average Bonchev–Trinajstić information content (AvgIpc) is 1.51. The summed E-state index contributed by atoms with van der Waals surface area (Å²) < 4.78 is 22.0. The van der Waals surface area contributed by atoms with Gasteiger partial charge in [-0.05, 0) is 245 Å². The highest BCUT2D eigenvalue weighted by Crippen LogP contribution is 2.67. The topological polar surface area (TPSA) is 126 Å². The molecular formula is C123H196N16. The zero-order valence-corrected chi connectivity index (χ0v) is 99.8. The first-order chi connectivity index (χ1) is 62.7. The summed E-state index contributed by atoms with van der Waals surface area (Å²) in [6.07, 6.45) is 9.60. The fraction of sp³-hybridized carbons (Fsp3) is 0.659. The molecule has 0 N–H and O–H groups in total. The molecule has 768 valence electrons. The number of hydrogen-bond donors (Lipinski definition) is 0. The molecule has 0 amide bonds. The molecule has 2 saturated carbocycles. The van der Waals surface area contributed by atoms with Crippen LogP contribution in [0.25, 0.3) is 0 Å². The number of imidazole rings is 1. The number of aromatic nitrogens is 15. The quantitative estimate of drug-likeness (QED) is 0.149. The van der Waals surface area contributed by atoms with Crippen LogP contribution >= 0.6 is 0 Å². The molecular weight excluding hydrogens is 1700 g/mol. The molecule has 11 aliphatic rings. The van der Waals surface area contributed by atoms with Gasteiger partial charge in [0.2, 0.25) is 0 Å². The maximum Gasteiger partial charge on any atom is 0.105 e. The van der Waals surface area contributed by atoms with Crippen molar-refractivity contribution in [2.24, 2.45) is 71.1 Å². The van der Waals surface area contributed by atoms with Crippen LogP contribution in [0.5, 0.6) is 0 Å². The third-order valence-corrected chi connectivity index (χ3v) is 30.1. The van der Waals surface area contributed by atoms with E-state index >= 15 is 0 Å². The highest BCUT2D eigenvalue weighted by Gasteiger charge is 2.53. The van der Waals surface area contributed by atoms with E-state index in [4.69, 9.17) is 0 Å². The molecule has 10 aromatic heterocycles. The highest BCUT2D eigenvalue weighted by atomic mass is 15.3. The Kier molecular flexibility index (Phi) is 30.8. The lowest BCUT2D eigenvalue weighted by Crippen LogP contribution is -2.18. The van der Waals surface area contributed by atoms with Gasteiger partial charge in [0, 0.05) is 209 Å². The monoisotopic (exact) mass is 1900 g/mol. The van der Waals surface area contributed by atoms with Crippen molar-refractivity contribution in [2.75, 3.05) is 0 Å². The minimum absolute atomic E-state index is 0.195. The second-order valence-electron chi connectivity index (χ2n) is 55.3. The van der Waals surface area contributed by atoms with Gasteiger partial charge < -0.3 is 27.4 Å². The molecule has 4 aliphatic heterocycles. The summed E-state index contributed by atoms with van der Waals surface area (Å²) in [6.45, 7) is 118. The standard InChI is InChI=1S/C12H21N.2C11H17N.C11H14.3C10H18N2.C10H13N.2C10H15N.C9H14N2.C9H16N2/c1-8-9(2)13(7)10(3)11(8)12(4,5)6;1-7-10(11(2,3)4)8-6-9(8)12(7)5;1-7-8(2)12-6-9(12)10(7)11(3,4)5;1-11(2,3)10-8-4-6(8)7-5-9(7)10;1-7-9(10(3,4)5)12(6)8(2)11-7;1-7-9(10(3,4)5)8(2)12(6)11-7;1-7-8(2)11-12(6)9(7)10(3,4)5;1-10(2,3)9-7-4-6(7)8-5-11(8)9;1-7-5-8-6-11(8)9(7)10(2,3)4;1-6-9(10(2,3)4)7-5-8(7)11-6;1-9(2,3)8-6-5-7(6)10-11(8)4;1-7-6-10-11(5)8(7)9(2,3)4/h1-7H3;2*6H2,1-5H3;6H,4-5H2,1-3H3;3*1-6H3;4-5H2,1-3H3;5H,6H2,1-4H3;8H,5H2,1-4H3;5H2,1-4H3;6H,1-5H3. The van der Waals surface area contributed by atoms with Gasteiger partial charge in [-0.25, -0.2) is 4.98 Å². The molecule has 0 aromatic carbocycles. The van der Waals surface area contributed by atoms with E-state index in [0.29, 0.717) is 38.5 Å². The van der Waals surface area contributed by atoms with E-state index < -0.39 is 0 Å². The molecule has 14 heterocycles. The van der Waals surface area contributed by atoms with Gasteiger partial charge in [-0.15, -0.1) is 0 Å². The molecule has 0 saturated heterocycles. The van der Waals surface area contributed by atoms with Gasteiger partial charge in [-0.1, -0.05) is 260 Å². The van der Waals surface area contributed by atoms with Crippen LogP contribution in [0, 0.1) is 114 Å². The van der Waals surface area contributed by atoms with Crippen molar-refractivity contribution >= 4 is 5.71 Å². The zero-order chi connectivity index (χ0) is 106. The van der Waals surface area contributed by atoms with E-state index in [1.807, 2.05) is 60.0 Å². The first kappa shape index (κ1) is 112. The van der Waals surface area contributed by atoms with Crippen molar-refractivity contribution < 1.29 is 0 Å². The lowest BCUT2D eigenvalue weighted by Gasteiger charge is -2.21. The largest absolute Gasteiger partial charge is 0.352 e. The Bertz CT molecular complexity index is 5900. The molecule has 139 heavy (non-hydrogen) atoms. The molecule has 0 bridgehead atoms. The highest BCUT2D eigenvalue weighted by molar-refractivity contribution is 6.04. The van der Waals surface area contributed by atoms with Gasteiger partial charge in [0.05, 0.1) is 54.6 Å². The third-order valence-electron chi connectivity index (χ3n) is 30.1. The van der Waals surface area contributed by atoms with Crippen LogP contribution in [0.4, 0.5) is 0 Å². The molecule has 2 atom stereocenters. The zero-order valence-electron chi connectivity index (χ0n) is 99.8. The summed E-state index contributed by atoms with van der Waals surface area (Å²) in [6, 6.07) is 2.91. The van der Waals surface area contributed by atoms with Crippen molar-refractivity contribution in [1.29, 1.82) is 0 Å². The minimum atomic E-state index is 0.195. The lowest BCUT2D eigenvalue weighted by molar-refractivity contribution is 0.511. The molecule has 10 aromatic rings. The SMILES string of the molecule is CC(C)(C)C1=C2CC2C2=C1C2.CC(C)(C)c1c2c(c3n1C3)C2.CC1=NC2CC2=C1C(C)(C)C.Cc1c(C(C)(C)C)c(C)n(C)c1C.Cc1c(C(C)(C)C)c2c(n1C)C2.Cc1c(C(C)(C)C)c2n(c1C)C2.Cc1cc2n(c1C(C)(C)C)C2.Cc1cnn(C)c1C(C)(C)C.Cc1nc(C)n(C)c1C(C)(C)C.Cc1nn(C)c(C(C)(C)C)c1C.Cc1nn(C)c(C)c1C(C)(C)C.Cn1nc2c(c1C(C)(C)C)C2. The molecule has 0 spiro atoms. The van der Waals surface area contributed by atoms with Crippen molar-refractivity contribution in [3.63, 3.8) is 0 Å². The Balaban J connectivity index is 0.000000156. The normalized spacial score (nSPS) is 16.4. The first-order valence-corrected chi connectivity index (χ1v) is 52.5. The molecule has 7 aliphatic carbocycles. The maximum absolute atomic E-state index is 4.55. The lowest BCUT2D eigenvalue weighted by atomic mass is 9.83. The molecule has 2 fully saturated rings. The van der Waals surface area contributed by atoms with Crippen molar-refractivity contribution in [1.82, 2.24) is 71.5 Å². The van der Waals surface area contributed by atoms with E-state index in [0.717, 1.165) is 35.2 Å². The molecule has 16 nitrogen and oxygen atoms in total. The van der Waals surface area contributed by atoms with E-state index in [1.54, 1.807) is 78.5 Å². The van der Waals surface area contributed by atoms with Crippen molar-refractivity contribution in [3.8, 4) is 0 Å². The number of dihydropyridines is 1. The number of aryl methyl sites for hydroxylation is 10. The number of nitrogens with zero attached hydrogens (tertiary/aromatic N) is 16. The second kappa shape index (κ2) is 38.1.